The van der Waals surface area contributed by atoms with E-state index in [1.54, 1.807) is 32.9 Å². The van der Waals surface area contributed by atoms with Gasteiger partial charge in [0.2, 0.25) is 11.8 Å². The van der Waals surface area contributed by atoms with Gasteiger partial charge in [0.05, 0.1) is 25.3 Å². The Kier molecular flexibility index (Phi) is 11.8. The second kappa shape index (κ2) is 16.2. The van der Waals surface area contributed by atoms with Crippen LogP contribution in [0.3, 0.4) is 0 Å². The third-order valence-electron chi connectivity index (χ3n) is 10.2. The van der Waals surface area contributed by atoms with Gasteiger partial charge in [0.15, 0.2) is 6.04 Å². The van der Waals surface area contributed by atoms with Crippen LogP contribution in [0.15, 0.2) is 54.6 Å². The number of carbonyl (C=O) groups excluding carboxylic acids is 4. The molecule has 1 aliphatic carbocycles. The molecule has 0 aromatic heterocycles. The monoisotopic (exact) mass is 751 g/mol. The number of carbonyl (C=O) groups is 4. The van der Waals surface area contributed by atoms with E-state index in [0.717, 1.165) is 16.7 Å². The Hall–Kier alpha value is -4.38. The molecule has 15 heteroatoms. The maximum absolute atomic E-state index is 14.6. The molecule has 3 saturated heterocycles. The van der Waals surface area contributed by atoms with Gasteiger partial charge >= 0.3 is 11.9 Å². The van der Waals surface area contributed by atoms with E-state index in [1.165, 1.54) is 12.0 Å². The van der Waals surface area contributed by atoms with Gasteiger partial charge in [0.1, 0.15) is 54.0 Å². The molecule has 2 aromatic rings. The number of amides is 2. The lowest BCUT2D eigenvalue weighted by molar-refractivity contribution is -0.201. The fourth-order valence-electron chi connectivity index (χ4n) is 7.68. The van der Waals surface area contributed by atoms with Crippen LogP contribution in [0.4, 0.5) is 0 Å². The third kappa shape index (κ3) is 8.31. The van der Waals surface area contributed by atoms with Crippen molar-refractivity contribution in [2.45, 2.75) is 114 Å². The Morgan fingerprint density at radius 2 is 1.85 bits per heavy atom. The fraction of sp³-hybridized carbons (Fsp3) is 0.538. The Labute approximate surface area is 313 Å². The molecule has 0 radical (unpaired) electrons. The summed E-state index contributed by atoms with van der Waals surface area (Å²) in [5.41, 5.74) is 0.124. The molecule has 0 spiro atoms. The van der Waals surface area contributed by atoms with E-state index < -0.39 is 90.0 Å². The van der Waals surface area contributed by atoms with Gasteiger partial charge in [-0.15, -0.1) is 0 Å². The van der Waals surface area contributed by atoms with Crippen molar-refractivity contribution < 1.29 is 58.3 Å². The standard InChI is InChI=1S/C39H49N3O12/c1-22(44)30(35(47)40-26(20-43)15-16-29(46)53-38(2,3)4)41-37(49)39-18-28-31-32(51-21-50-31)34(39)54-42(33(39)36(48)52-28)19-24-11-7-9-23(17-24)10-8-13-25-12-5-6-14-27(25)45/h5-12,14,17,22,26,28,30-34,43-45H,13,15-16,18-21H2,1-4H3,(H,40,47)(H,41,49). The van der Waals surface area contributed by atoms with Gasteiger partial charge in [-0.05, 0) is 63.3 Å². The topological polar surface area (TPSA) is 202 Å². The number of fused-ring (bicyclic) bond motifs is 4. The van der Waals surface area contributed by atoms with Crippen molar-refractivity contribution in [2.75, 3.05) is 13.4 Å². The van der Waals surface area contributed by atoms with Crippen LogP contribution < -0.4 is 10.6 Å². The number of benzene rings is 2. The van der Waals surface area contributed by atoms with Gasteiger partial charge in [-0.25, -0.2) is 0 Å². The van der Waals surface area contributed by atoms with Gasteiger partial charge in [0, 0.05) is 12.8 Å². The number of phenols is 1. The van der Waals surface area contributed by atoms with E-state index in [4.69, 9.17) is 23.8 Å². The minimum atomic E-state index is -1.59. The molecule has 3 aliphatic heterocycles. The van der Waals surface area contributed by atoms with Crippen LogP contribution in [-0.2, 0) is 55.9 Å². The van der Waals surface area contributed by atoms with Gasteiger partial charge in [0.25, 0.3) is 0 Å². The minimum absolute atomic E-state index is 0.0132. The predicted octanol–water partition coefficient (Wildman–Crippen LogP) is 1.65. The SMILES string of the molecule is CC(O)C(NC(=O)C12CC3OC(=O)C1N(Cc1cccc(C=CCc4ccccc4O)c1)OC2C1OCOC31)C(=O)NC(CO)CCC(=O)OC(C)(C)C. The molecule has 9 unspecified atom stereocenters. The van der Waals surface area contributed by atoms with Crippen LogP contribution in [-0.4, -0.2) is 112 Å². The quantitative estimate of drug-likeness (QED) is 0.175. The molecule has 2 amide bonds. The summed E-state index contributed by atoms with van der Waals surface area (Å²) >= 11 is 0. The molecule has 4 fully saturated rings. The van der Waals surface area contributed by atoms with Crippen LogP contribution in [0.5, 0.6) is 5.75 Å². The number of nitrogens with one attached hydrogen (secondary N) is 2. The van der Waals surface area contributed by atoms with Crippen LogP contribution in [0.1, 0.15) is 63.6 Å². The first kappa shape index (κ1) is 39.3. The summed E-state index contributed by atoms with van der Waals surface area (Å²) in [6.45, 7) is 6.01. The summed E-state index contributed by atoms with van der Waals surface area (Å²) < 4.78 is 22.9. The first-order valence-electron chi connectivity index (χ1n) is 18.2. The summed E-state index contributed by atoms with van der Waals surface area (Å²) in [5, 5.41) is 37.5. The summed E-state index contributed by atoms with van der Waals surface area (Å²) in [6.07, 6.45) is -0.313. The second-order valence-corrected chi connectivity index (χ2v) is 15.3. The maximum atomic E-state index is 14.6. The summed E-state index contributed by atoms with van der Waals surface area (Å²) in [7, 11) is 0. The smallest absolute Gasteiger partial charge is 0.327 e. The Balaban J connectivity index is 1.20. The first-order valence-corrected chi connectivity index (χ1v) is 18.2. The molecule has 5 N–H and O–H groups in total. The molecule has 9 atom stereocenters. The van der Waals surface area contributed by atoms with Crippen LogP contribution in [0.2, 0.25) is 0 Å². The van der Waals surface area contributed by atoms with E-state index >= 15 is 0 Å². The largest absolute Gasteiger partial charge is 0.508 e. The lowest BCUT2D eigenvalue weighted by atomic mass is 9.62. The van der Waals surface area contributed by atoms with Crippen LogP contribution in [0.25, 0.3) is 6.08 Å². The average molecular weight is 752 g/mol. The van der Waals surface area contributed by atoms with Crippen molar-refractivity contribution in [3.63, 3.8) is 0 Å². The highest BCUT2D eigenvalue weighted by atomic mass is 16.8. The minimum Gasteiger partial charge on any atom is -0.508 e. The van der Waals surface area contributed by atoms with Crippen molar-refractivity contribution in [1.82, 2.24) is 15.7 Å². The predicted molar refractivity (Wildman–Crippen MR) is 191 cm³/mol. The number of allylic oxidation sites excluding steroid dienone is 1. The second-order valence-electron chi connectivity index (χ2n) is 15.3. The van der Waals surface area contributed by atoms with E-state index in [2.05, 4.69) is 10.6 Å². The van der Waals surface area contributed by atoms with Gasteiger partial charge in [-0.3, -0.25) is 24.0 Å². The number of ether oxygens (including phenoxy) is 4. The summed E-state index contributed by atoms with van der Waals surface area (Å²) in [4.78, 5) is 60.7. The Bertz CT molecular complexity index is 1740. The lowest BCUT2D eigenvalue weighted by Gasteiger charge is -2.49. The number of esters is 2. The number of para-hydroxylation sites is 1. The number of phenolic OH excluding ortho intramolecular Hbond substituents is 1. The number of hydrogen-bond acceptors (Lipinski definition) is 13. The lowest BCUT2D eigenvalue weighted by Crippen LogP contribution is -2.71. The zero-order valence-electron chi connectivity index (χ0n) is 30.8. The number of hydroxylamine groups is 2. The van der Waals surface area contributed by atoms with Crippen molar-refractivity contribution in [1.29, 1.82) is 0 Å². The molecule has 1 saturated carbocycles. The number of aliphatic hydroxyl groups is 2. The number of nitrogens with zero attached hydrogens (tertiary/aromatic N) is 1. The molecule has 2 bridgehead atoms. The fourth-order valence-corrected chi connectivity index (χ4v) is 7.68. The molecule has 54 heavy (non-hydrogen) atoms. The molecule has 15 nitrogen and oxygen atoms in total. The van der Waals surface area contributed by atoms with Crippen molar-refractivity contribution in [2.24, 2.45) is 5.41 Å². The number of aliphatic hydroxyl groups excluding tert-OH is 2. The van der Waals surface area contributed by atoms with Crippen molar-refractivity contribution >= 4 is 29.8 Å². The molecular weight excluding hydrogens is 702 g/mol. The maximum Gasteiger partial charge on any atom is 0.327 e. The highest BCUT2D eigenvalue weighted by molar-refractivity contribution is 5.96. The normalized spacial score (nSPS) is 27.8. The van der Waals surface area contributed by atoms with Crippen molar-refractivity contribution in [3.05, 3.63) is 71.3 Å². The van der Waals surface area contributed by atoms with Crippen molar-refractivity contribution in [3.8, 4) is 5.75 Å². The van der Waals surface area contributed by atoms with Gasteiger partial charge in [-0.1, -0.05) is 54.6 Å². The highest BCUT2D eigenvalue weighted by Crippen LogP contribution is 2.55. The Morgan fingerprint density at radius 3 is 2.57 bits per heavy atom. The third-order valence-corrected chi connectivity index (χ3v) is 10.2. The molecular formula is C39H49N3O12. The molecule has 3 heterocycles. The van der Waals surface area contributed by atoms with E-state index in [9.17, 15) is 34.5 Å². The molecule has 292 valence electrons. The van der Waals surface area contributed by atoms with Gasteiger partial charge < -0.3 is 44.9 Å². The van der Waals surface area contributed by atoms with Crippen LogP contribution in [0, 0.1) is 5.41 Å². The highest BCUT2D eigenvalue weighted by Gasteiger charge is 2.74. The van der Waals surface area contributed by atoms with Gasteiger partial charge in [-0.2, -0.15) is 5.06 Å². The molecule has 2 aromatic carbocycles. The molecule has 6 rings (SSSR count). The van der Waals surface area contributed by atoms with Crippen LogP contribution >= 0.6 is 0 Å². The van der Waals surface area contributed by atoms with E-state index in [0.29, 0.717) is 6.42 Å². The zero-order valence-corrected chi connectivity index (χ0v) is 30.8. The van der Waals surface area contributed by atoms with E-state index in [1.807, 2.05) is 48.6 Å². The number of aromatic hydroxyl groups is 1. The average Bonchev–Trinajstić information content (AvgIpc) is 3.74. The number of hydrogen-bond donors (Lipinski definition) is 5. The van der Waals surface area contributed by atoms with E-state index in [-0.39, 0.29) is 38.3 Å². The summed E-state index contributed by atoms with van der Waals surface area (Å²) in [6, 6.07) is 11.1. The molecule has 4 aliphatic rings. The Morgan fingerprint density at radius 1 is 1.09 bits per heavy atom. The number of rotatable bonds is 14. The zero-order chi connectivity index (χ0) is 38.8. The first-order chi connectivity index (χ1) is 25.7. The summed E-state index contributed by atoms with van der Waals surface area (Å²) in [5.74, 6) is -2.50.